The van der Waals surface area contributed by atoms with E-state index in [0.717, 1.165) is 28.5 Å². The Morgan fingerprint density at radius 3 is 2.44 bits per heavy atom. The SMILES string of the molecule is COc1ccc(NC(N)=NCC(C)(C)c2ccc3c(c2)OCCO3)cc1.I. The standard InChI is InChI=1S/C20H25N3O3.HI/c1-20(2,14-4-9-17-18(12-14)26-11-10-25-17)13-22-19(21)23-15-5-7-16(24-3)8-6-15;/h4-9,12H,10-11,13H2,1-3H3,(H3,21,22,23);1H. The van der Waals surface area contributed by atoms with Crippen LogP contribution in [0.25, 0.3) is 0 Å². The van der Waals surface area contributed by atoms with Gasteiger partial charge in [0, 0.05) is 11.1 Å². The molecule has 0 unspecified atom stereocenters. The monoisotopic (exact) mass is 483 g/mol. The van der Waals surface area contributed by atoms with Gasteiger partial charge in [-0.05, 0) is 42.0 Å². The number of anilines is 1. The third-order valence-corrected chi connectivity index (χ3v) is 4.33. The molecule has 7 heteroatoms. The lowest BCUT2D eigenvalue weighted by atomic mass is 9.84. The maximum Gasteiger partial charge on any atom is 0.193 e. The second kappa shape index (κ2) is 9.16. The number of nitrogens with two attached hydrogens (primary N) is 1. The number of fused-ring (bicyclic) bond motifs is 1. The molecule has 0 aliphatic carbocycles. The molecule has 2 aromatic rings. The van der Waals surface area contributed by atoms with Crippen molar-refractivity contribution >= 4 is 35.6 Å². The highest BCUT2D eigenvalue weighted by Gasteiger charge is 2.23. The Hall–Kier alpha value is -2.16. The number of aliphatic imine (C=N–C) groups is 1. The van der Waals surface area contributed by atoms with Crippen LogP contribution in [0.15, 0.2) is 47.5 Å². The molecule has 1 heterocycles. The highest BCUT2D eigenvalue weighted by molar-refractivity contribution is 14.0. The topological polar surface area (TPSA) is 78.1 Å². The number of rotatable bonds is 5. The predicted molar refractivity (Wildman–Crippen MR) is 119 cm³/mol. The van der Waals surface area contributed by atoms with Gasteiger partial charge >= 0.3 is 0 Å². The molecule has 3 N–H and O–H groups in total. The number of hydrogen-bond donors (Lipinski definition) is 2. The van der Waals surface area contributed by atoms with E-state index in [-0.39, 0.29) is 29.4 Å². The number of benzene rings is 2. The van der Waals surface area contributed by atoms with E-state index in [4.69, 9.17) is 19.9 Å². The van der Waals surface area contributed by atoms with E-state index >= 15 is 0 Å². The van der Waals surface area contributed by atoms with Gasteiger partial charge in [0.15, 0.2) is 17.5 Å². The van der Waals surface area contributed by atoms with Gasteiger partial charge in [-0.2, -0.15) is 0 Å². The highest BCUT2D eigenvalue weighted by Crippen LogP contribution is 2.35. The number of hydrogen-bond acceptors (Lipinski definition) is 4. The van der Waals surface area contributed by atoms with Crippen LogP contribution in [0, 0.1) is 0 Å². The Morgan fingerprint density at radius 2 is 1.78 bits per heavy atom. The molecule has 0 radical (unpaired) electrons. The molecule has 2 aromatic carbocycles. The molecule has 0 bridgehead atoms. The number of nitrogens with one attached hydrogen (secondary N) is 1. The first-order valence-electron chi connectivity index (χ1n) is 8.59. The number of methoxy groups -OCH3 is 1. The molecule has 0 saturated carbocycles. The maximum atomic E-state index is 6.04. The van der Waals surface area contributed by atoms with E-state index in [9.17, 15) is 0 Å². The fourth-order valence-corrected chi connectivity index (χ4v) is 2.70. The van der Waals surface area contributed by atoms with Crippen LogP contribution in [0.1, 0.15) is 19.4 Å². The van der Waals surface area contributed by atoms with Gasteiger partial charge in [-0.15, -0.1) is 24.0 Å². The molecule has 146 valence electrons. The first kappa shape index (κ1) is 21.1. The van der Waals surface area contributed by atoms with Crippen LogP contribution >= 0.6 is 24.0 Å². The first-order chi connectivity index (χ1) is 12.5. The van der Waals surface area contributed by atoms with Gasteiger partial charge in [0.1, 0.15) is 19.0 Å². The summed E-state index contributed by atoms with van der Waals surface area (Å²) in [4.78, 5) is 4.50. The average molecular weight is 483 g/mol. The van der Waals surface area contributed by atoms with E-state index in [1.165, 1.54) is 0 Å². The summed E-state index contributed by atoms with van der Waals surface area (Å²) < 4.78 is 16.4. The molecular formula is C20H26IN3O3. The van der Waals surface area contributed by atoms with Crippen LogP contribution in [-0.4, -0.2) is 32.8 Å². The zero-order valence-electron chi connectivity index (χ0n) is 15.8. The van der Waals surface area contributed by atoms with Crippen molar-refractivity contribution in [2.75, 3.05) is 32.2 Å². The summed E-state index contributed by atoms with van der Waals surface area (Å²) in [5.74, 6) is 2.75. The lowest BCUT2D eigenvalue weighted by Crippen LogP contribution is -2.28. The Labute approximate surface area is 177 Å². The summed E-state index contributed by atoms with van der Waals surface area (Å²) in [5, 5.41) is 3.09. The second-order valence-corrected chi connectivity index (χ2v) is 6.80. The summed E-state index contributed by atoms with van der Waals surface area (Å²) >= 11 is 0. The van der Waals surface area contributed by atoms with Gasteiger partial charge in [-0.1, -0.05) is 19.9 Å². The van der Waals surface area contributed by atoms with Gasteiger partial charge < -0.3 is 25.3 Å². The van der Waals surface area contributed by atoms with E-state index < -0.39 is 0 Å². The molecule has 27 heavy (non-hydrogen) atoms. The Kier molecular flexibility index (Phi) is 7.18. The van der Waals surface area contributed by atoms with Crippen LogP contribution in [0.3, 0.4) is 0 Å². The summed E-state index contributed by atoms with van der Waals surface area (Å²) in [5.41, 5.74) is 7.84. The number of ether oxygens (including phenoxy) is 3. The molecule has 6 nitrogen and oxygen atoms in total. The van der Waals surface area contributed by atoms with Crippen molar-refractivity contribution in [2.45, 2.75) is 19.3 Å². The predicted octanol–water partition coefficient (Wildman–Crippen LogP) is 3.79. The van der Waals surface area contributed by atoms with Gasteiger partial charge in [0.05, 0.1) is 13.7 Å². The number of guanidine groups is 1. The average Bonchev–Trinajstić information content (AvgIpc) is 2.67. The maximum absolute atomic E-state index is 6.04. The van der Waals surface area contributed by atoms with Crippen LogP contribution in [0.2, 0.25) is 0 Å². The molecular weight excluding hydrogens is 457 g/mol. The molecule has 0 aromatic heterocycles. The summed E-state index contributed by atoms with van der Waals surface area (Å²) in [6.45, 7) is 5.97. The molecule has 0 spiro atoms. The molecule has 0 saturated heterocycles. The van der Waals surface area contributed by atoms with E-state index in [0.29, 0.717) is 25.7 Å². The van der Waals surface area contributed by atoms with Gasteiger partial charge in [-0.25, -0.2) is 0 Å². The van der Waals surface area contributed by atoms with Crippen molar-refractivity contribution < 1.29 is 14.2 Å². The second-order valence-electron chi connectivity index (χ2n) is 6.80. The minimum absolute atomic E-state index is 0. The van der Waals surface area contributed by atoms with Gasteiger partial charge in [-0.3, -0.25) is 4.99 Å². The number of nitrogens with zero attached hydrogens (tertiary/aromatic N) is 1. The summed E-state index contributed by atoms with van der Waals surface area (Å²) in [7, 11) is 1.64. The summed E-state index contributed by atoms with van der Waals surface area (Å²) in [6.07, 6.45) is 0. The molecule has 1 aliphatic rings. The molecule has 0 amide bonds. The Morgan fingerprint density at radius 1 is 1.11 bits per heavy atom. The third kappa shape index (κ3) is 5.41. The lowest BCUT2D eigenvalue weighted by Gasteiger charge is -2.26. The third-order valence-electron chi connectivity index (χ3n) is 4.33. The van der Waals surface area contributed by atoms with Crippen molar-refractivity contribution in [3.8, 4) is 17.2 Å². The smallest absolute Gasteiger partial charge is 0.193 e. The van der Waals surface area contributed by atoms with Gasteiger partial charge in [0.2, 0.25) is 0 Å². The normalized spacial score (nSPS) is 13.5. The molecule has 3 rings (SSSR count). The van der Waals surface area contributed by atoms with Crippen molar-refractivity contribution in [1.82, 2.24) is 0 Å². The minimum atomic E-state index is -0.192. The largest absolute Gasteiger partial charge is 0.497 e. The Balaban J connectivity index is 0.00000261. The zero-order valence-corrected chi connectivity index (χ0v) is 18.2. The van der Waals surface area contributed by atoms with E-state index in [1.54, 1.807) is 7.11 Å². The van der Waals surface area contributed by atoms with Crippen molar-refractivity contribution in [3.05, 3.63) is 48.0 Å². The summed E-state index contributed by atoms with van der Waals surface area (Å²) in [6, 6.07) is 13.6. The van der Waals surface area contributed by atoms with E-state index in [2.05, 4.69) is 30.2 Å². The minimum Gasteiger partial charge on any atom is -0.497 e. The lowest BCUT2D eigenvalue weighted by molar-refractivity contribution is 0.171. The van der Waals surface area contributed by atoms with Crippen LogP contribution in [-0.2, 0) is 5.41 Å². The quantitative estimate of drug-likeness (QED) is 0.385. The first-order valence-corrected chi connectivity index (χ1v) is 8.59. The van der Waals surface area contributed by atoms with Crippen LogP contribution < -0.4 is 25.3 Å². The van der Waals surface area contributed by atoms with E-state index in [1.807, 2.05) is 36.4 Å². The van der Waals surface area contributed by atoms with Gasteiger partial charge in [0.25, 0.3) is 0 Å². The van der Waals surface area contributed by atoms with Crippen molar-refractivity contribution in [2.24, 2.45) is 10.7 Å². The molecule has 1 aliphatic heterocycles. The van der Waals surface area contributed by atoms with Crippen LogP contribution in [0.5, 0.6) is 17.2 Å². The molecule has 0 fully saturated rings. The fraction of sp³-hybridized carbons (Fsp3) is 0.350. The van der Waals surface area contributed by atoms with Crippen molar-refractivity contribution in [1.29, 1.82) is 0 Å². The van der Waals surface area contributed by atoms with Crippen LogP contribution in [0.4, 0.5) is 5.69 Å². The fourth-order valence-electron chi connectivity index (χ4n) is 2.70. The Bertz CT molecular complexity index is 792. The zero-order chi connectivity index (χ0) is 18.6. The highest BCUT2D eigenvalue weighted by atomic mass is 127. The number of halogens is 1. The molecule has 0 atom stereocenters. The van der Waals surface area contributed by atoms with Crippen molar-refractivity contribution in [3.63, 3.8) is 0 Å².